The lowest BCUT2D eigenvalue weighted by atomic mass is 10.1. The normalized spacial score (nSPS) is 19.7. The standard InChI is InChI=1S/C21H21FN6O2/c22-14-6-7-17-18(9-14)26(10-15-3-1-2-8-30-15)21(29)19-20(23-12-27(17)19)28-11-16(24-25-28)13-4-5-13/h6-7,9,11-13,15H,1-5,8,10H2. The van der Waals surface area contributed by atoms with E-state index in [1.807, 2.05) is 6.20 Å². The molecular weight excluding hydrogens is 387 g/mol. The lowest BCUT2D eigenvalue weighted by Gasteiger charge is -2.24. The number of benzene rings is 1. The number of hydrogen-bond donors (Lipinski definition) is 0. The van der Waals surface area contributed by atoms with Gasteiger partial charge in [-0.1, -0.05) is 5.21 Å². The van der Waals surface area contributed by atoms with E-state index in [0.717, 1.165) is 37.8 Å². The molecule has 0 spiro atoms. The van der Waals surface area contributed by atoms with Crippen molar-refractivity contribution in [3.05, 3.63) is 52.6 Å². The fourth-order valence-electron chi connectivity index (χ4n) is 4.32. The molecule has 8 nitrogen and oxygen atoms in total. The van der Waals surface area contributed by atoms with Gasteiger partial charge in [-0.2, -0.15) is 4.68 Å². The zero-order valence-corrected chi connectivity index (χ0v) is 16.4. The quantitative estimate of drug-likeness (QED) is 0.519. The summed E-state index contributed by atoms with van der Waals surface area (Å²) in [5, 5.41) is 8.45. The van der Waals surface area contributed by atoms with Crippen molar-refractivity contribution in [2.45, 2.75) is 50.7 Å². The van der Waals surface area contributed by atoms with Crippen molar-refractivity contribution in [2.75, 3.05) is 6.61 Å². The second kappa shape index (κ2) is 6.73. The first-order valence-corrected chi connectivity index (χ1v) is 10.4. The van der Waals surface area contributed by atoms with Crippen LogP contribution in [-0.2, 0) is 11.3 Å². The summed E-state index contributed by atoms with van der Waals surface area (Å²) in [6.45, 7) is 1.07. The summed E-state index contributed by atoms with van der Waals surface area (Å²) in [6, 6.07) is 4.48. The number of hydrogen-bond acceptors (Lipinski definition) is 5. The molecule has 0 bridgehead atoms. The molecule has 4 aromatic rings. The zero-order valence-electron chi connectivity index (χ0n) is 16.4. The summed E-state index contributed by atoms with van der Waals surface area (Å²) in [6.07, 6.45) is 8.59. The minimum absolute atomic E-state index is 0.0652. The van der Waals surface area contributed by atoms with Gasteiger partial charge in [0.2, 0.25) is 0 Å². The number of rotatable bonds is 4. The summed E-state index contributed by atoms with van der Waals surface area (Å²) < 4.78 is 24.8. The predicted octanol–water partition coefficient (Wildman–Crippen LogP) is 2.82. The van der Waals surface area contributed by atoms with Gasteiger partial charge in [-0.3, -0.25) is 9.20 Å². The Hall–Kier alpha value is -3.07. The van der Waals surface area contributed by atoms with Crippen molar-refractivity contribution >= 4 is 16.6 Å². The van der Waals surface area contributed by atoms with Crippen LogP contribution < -0.4 is 5.56 Å². The third kappa shape index (κ3) is 2.84. The van der Waals surface area contributed by atoms with Gasteiger partial charge >= 0.3 is 0 Å². The smallest absolute Gasteiger partial charge is 0.279 e. The highest BCUT2D eigenvalue weighted by molar-refractivity contribution is 5.81. The van der Waals surface area contributed by atoms with E-state index in [4.69, 9.17) is 4.74 Å². The van der Waals surface area contributed by atoms with Crippen molar-refractivity contribution in [2.24, 2.45) is 0 Å². The second-order valence-corrected chi connectivity index (χ2v) is 8.19. The Morgan fingerprint density at radius 1 is 1.17 bits per heavy atom. The molecule has 3 aromatic heterocycles. The van der Waals surface area contributed by atoms with Crippen molar-refractivity contribution < 1.29 is 9.13 Å². The summed E-state index contributed by atoms with van der Waals surface area (Å²) in [5.41, 5.74) is 2.33. The second-order valence-electron chi connectivity index (χ2n) is 8.19. The van der Waals surface area contributed by atoms with E-state index >= 15 is 0 Å². The van der Waals surface area contributed by atoms with Crippen LogP contribution in [0.15, 0.2) is 35.5 Å². The van der Waals surface area contributed by atoms with Gasteiger partial charge in [-0.15, -0.1) is 5.10 Å². The molecule has 1 atom stereocenters. The fourth-order valence-corrected chi connectivity index (χ4v) is 4.32. The first-order chi connectivity index (χ1) is 14.7. The minimum Gasteiger partial charge on any atom is -0.376 e. The Morgan fingerprint density at radius 3 is 2.87 bits per heavy atom. The maximum Gasteiger partial charge on any atom is 0.279 e. The number of ether oxygens (including phenoxy) is 1. The molecule has 1 aliphatic carbocycles. The van der Waals surface area contributed by atoms with Crippen LogP contribution in [0.3, 0.4) is 0 Å². The molecule has 0 radical (unpaired) electrons. The molecule has 0 amide bonds. The molecule has 4 heterocycles. The van der Waals surface area contributed by atoms with Crippen molar-refractivity contribution in [1.29, 1.82) is 0 Å². The monoisotopic (exact) mass is 408 g/mol. The molecule has 6 rings (SSSR count). The van der Waals surface area contributed by atoms with Crippen LogP contribution in [0.2, 0.25) is 0 Å². The first-order valence-electron chi connectivity index (χ1n) is 10.4. The van der Waals surface area contributed by atoms with E-state index < -0.39 is 0 Å². The Bertz CT molecular complexity index is 1310. The molecule has 1 aromatic carbocycles. The van der Waals surface area contributed by atoms with E-state index in [0.29, 0.717) is 41.4 Å². The highest BCUT2D eigenvalue weighted by Gasteiger charge is 2.28. The molecule has 1 unspecified atom stereocenters. The summed E-state index contributed by atoms with van der Waals surface area (Å²) in [4.78, 5) is 18.1. The van der Waals surface area contributed by atoms with Crippen LogP contribution in [0.5, 0.6) is 0 Å². The maximum absolute atomic E-state index is 14.1. The van der Waals surface area contributed by atoms with Crippen LogP contribution in [-0.4, -0.2) is 41.7 Å². The molecule has 1 saturated carbocycles. The van der Waals surface area contributed by atoms with E-state index in [9.17, 15) is 9.18 Å². The lowest BCUT2D eigenvalue weighted by Crippen LogP contribution is -2.32. The van der Waals surface area contributed by atoms with Gasteiger partial charge in [0.1, 0.15) is 12.1 Å². The Kier molecular flexibility index (Phi) is 3.98. The predicted molar refractivity (Wildman–Crippen MR) is 107 cm³/mol. The number of nitrogens with zero attached hydrogens (tertiary/aromatic N) is 6. The van der Waals surface area contributed by atoms with E-state index in [1.54, 1.807) is 26.0 Å². The van der Waals surface area contributed by atoms with Gasteiger partial charge in [0.15, 0.2) is 11.3 Å². The average molecular weight is 408 g/mol. The number of aromatic nitrogens is 6. The van der Waals surface area contributed by atoms with Gasteiger partial charge in [-0.25, -0.2) is 9.37 Å². The molecule has 0 N–H and O–H groups in total. The number of fused-ring (bicyclic) bond motifs is 3. The molecular formula is C21H21FN6O2. The summed E-state index contributed by atoms with van der Waals surface area (Å²) >= 11 is 0. The van der Waals surface area contributed by atoms with Gasteiger partial charge < -0.3 is 9.30 Å². The zero-order chi connectivity index (χ0) is 20.2. The molecule has 9 heteroatoms. The minimum atomic E-state index is -0.384. The molecule has 2 fully saturated rings. The first kappa shape index (κ1) is 17.8. The summed E-state index contributed by atoms with van der Waals surface area (Å²) in [7, 11) is 0. The van der Waals surface area contributed by atoms with Crippen LogP contribution in [0.25, 0.3) is 22.4 Å². The SMILES string of the molecule is O=c1c2c(-n3cc(C4CC4)nn3)ncn2c2ccc(F)cc2n1CC1CCCCO1. The van der Waals surface area contributed by atoms with Crippen LogP contribution in [0, 0.1) is 5.82 Å². The molecule has 30 heavy (non-hydrogen) atoms. The molecule has 1 aliphatic heterocycles. The van der Waals surface area contributed by atoms with Crippen LogP contribution in [0.4, 0.5) is 4.39 Å². The Labute approximate surface area is 170 Å². The van der Waals surface area contributed by atoms with Gasteiger partial charge in [0, 0.05) is 12.5 Å². The number of imidazole rings is 1. The molecule has 154 valence electrons. The third-order valence-electron chi connectivity index (χ3n) is 6.07. The summed E-state index contributed by atoms with van der Waals surface area (Å²) in [5.74, 6) is 0.505. The van der Waals surface area contributed by atoms with Crippen molar-refractivity contribution in [1.82, 2.24) is 28.9 Å². The number of halogens is 1. The van der Waals surface area contributed by atoms with E-state index in [2.05, 4.69) is 15.3 Å². The van der Waals surface area contributed by atoms with Crippen LogP contribution in [0.1, 0.15) is 43.7 Å². The highest BCUT2D eigenvalue weighted by atomic mass is 19.1. The fraction of sp³-hybridized carbons (Fsp3) is 0.429. The third-order valence-corrected chi connectivity index (χ3v) is 6.07. The lowest BCUT2D eigenvalue weighted by molar-refractivity contribution is 0.00619. The Balaban J connectivity index is 1.56. The van der Waals surface area contributed by atoms with E-state index in [1.165, 1.54) is 12.1 Å². The van der Waals surface area contributed by atoms with Gasteiger partial charge in [0.25, 0.3) is 5.56 Å². The Morgan fingerprint density at radius 2 is 2.07 bits per heavy atom. The molecule has 2 aliphatic rings. The molecule has 1 saturated heterocycles. The van der Waals surface area contributed by atoms with Crippen LogP contribution >= 0.6 is 0 Å². The average Bonchev–Trinajstić information content (AvgIpc) is 3.32. The largest absolute Gasteiger partial charge is 0.376 e. The van der Waals surface area contributed by atoms with Gasteiger partial charge in [-0.05, 0) is 50.3 Å². The maximum atomic E-state index is 14.1. The van der Waals surface area contributed by atoms with Crippen molar-refractivity contribution in [3.63, 3.8) is 0 Å². The van der Waals surface area contributed by atoms with Crippen molar-refractivity contribution in [3.8, 4) is 5.82 Å². The topological polar surface area (TPSA) is 79.2 Å². The van der Waals surface area contributed by atoms with E-state index in [-0.39, 0.29) is 17.5 Å². The highest BCUT2D eigenvalue weighted by Crippen LogP contribution is 2.38. The van der Waals surface area contributed by atoms with Gasteiger partial charge in [0.05, 0.1) is 35.6 Å².